The number of hydrogen-bond donors (Lipinski definition) is 1. The van der Waals surface area contributed by atoms with Gasteiger partial charge in [-0.3, -0.25) is 9.59 Å². The van der Waals surface area contributed by atoms with E-state index in [4.69, 9.17) is 4.98 Å². The van der Waals surface area contributed by atoms with E-state index >= 15 is 0 Å². The Balaban J connectivity index is 1.16. The van der Waals surface area contributed by atoms with Gasteiger partial charge in [-0.25, -0.2) is 4.98 Å². The zero-order chi connectivity index (χ0) is 26.2. The molecule has 0 atom stereocenters. The van der Waals surface area contributed by atoms with Crippen molar-refractivity contribution in [3.63, 3.8) is 0 Å². The van der Waals surface area contributed by atoms with Crippen LogP contribution < -0.4 is 10.2 Å². The summed E-state index contributed by atoms with van der Waals surface area (Å²) in [6.07, 6.45) is 9.01. The Kier molecular flexibility index (Phi) is 8.29. The minimum Gasteiger partial charge on any atom is -0.353 e. The van der Waals surface area contributed by atoms with Crippen molar-refractivity contribution in [2.24, 2.45) is 0 Å². The standard InChI is InChI=1S/C32H34N4O2/c37-31(21-20-25-12-3-1-4-13-25)33-22-10-2-5-19-30-34-27-16-7-9-18-29(27)36(30)24-32(38)35-23-11-15-26-14-6-8-17-28(26)35/h1,3-4,6-9,12-14,16-18,20-21H,2,5,10-11,15,19,22-24H2,(H,33,37)/b21-20+. The van der Waals surface area contributed by atoms with Gasteiger partial charge in [0.2, 0.25) is 11.8 Å². The SMILES string of the molecule is O=C(/C=C/c1ccccc1)NCCCCCc1nc2ccccc2n1CC(=O)N1CCCc2ccccc21. The molecule has 194 valence electrons. The summed E-state index contributed by atoms with van der Waals surface area (Å²) in [6.45, 7) is 1.68. The average molecular weight is 507 g/mol. The first kappa shape index (κ1) is 25.5. The molecule has 0 saturated heterocycles. The summed E-state index contributed by atoms with van der Waals surface area (Å²) >= 11 is 0. The predicted molar refractivity (Wildman–Crippen MR) is 153 cm³/mol. The van der Waals surface area contributed by atoms with Crippen molar-refractivity contribution >= 4 is 34.6 Å². The second-order valence-corrected chi connectivity index (χ2v) is 9.73. The van der Waals surface area contributed by atoms with Crippen molar-refractivity contribution in [3.8, 4) is 0 Å². The summed E-state index contributed by atoms with van der Waals surface area (Å²) in [6, 6.07) is 26.1. The zero-order valence-corrected chi connectivity index (χ0v) is 21.7. The third-order valence-corrected chi connectivity index (χ3v) is 7.04. The molecule has 0 saturated carbocycles. The van der Waals surface area contributed by atoms with Gasteiger partial charge in [-0.1, -0.05) is 67.1 Å². The number of imidazole rings is 1. The zero-order valence-electron chi connectivity index (χ0n) is 21.7. The van der Waals surface area contributed by atoms with Crippen molar-refractivity contribution in [2.45, 2.75) is 45.1 Å². The summed E-state index contributed by atoms with van der Waals surface area (Å²) in [5.74, 6) is 0.973. The Morgan fingerprint density at radius 3 is 2.58 bits per heavy atom. The minimum atomic E-state index is -0.0755. The Hall–Kier alpha value is -4.19. The van der Waals surface area contributed by atoms with E-state index < -0.39 is 0 Å². The van der Waals surface area contributed by atoms with Crippen molar-refractivity contribution in [2.75, 3.05) is 18.0 Å². The lowest BCUT2D eigenvalue weighted by Gasteiger charge is -2.29. The molecule has 0 radical (unpaired) electrons. The first-order chi connectivity index (χ1) is 18.7. The van der Waals surface area contributed by atoms with E-state index in [1.165, 1.54) is 5.56 Å². The predicted octanol–water partition coefficient (Wildman–Crippen LogP) is 5.56. The second kappa shape index (κ2) is 12.4. The molecule has 0 spiro atoms. The first-order valence-electron chi connectivity index (χ1n) is 13.5. The normalized spacial score (nSPS) is 13.1. The third kappa shape index (κ3) is 6.20. The van der Waals surface area contributed by atoms with Gasteiger partial charge < -0.3 is 14.8 Å². The highest BCUT2D eigenvalue weighted by molar-refractivity contribution is 5.95. The molecule has 0 fully saturated rings. The molecule has 1 aliphatic heterocycles. The number of nitrogens with one attached hydrogen (secondary N) is 1. The molecule has 0 unspecified atom stereocenters. The number of amides is 2. The summed E-state index contributed by atoms with van der Waals surface area (Å²) in [5.41, 5.74) is 5.21. The maximum atomic E-state index is 13.5. The number of nitrogens with zero attached hydrogens (tertiary/aromatic N) is 3. The lowest BCUT2D eigenvalue weighted by molar-refractivity contribution is -0.119. The molecule has 1 N–H and O–H groups in total. The van der Waals surface area contributed by atoms with E-state index in [1.807, 2.05) is 77.7 Å². The van der Waals surface area contributed by atoms with Crippen LogP contribution in [0.3, 0.4) is 0 Å². The summed E-state index contributed by atoms with van der Waals surface area (Å²) in [4.78, 5) is 32.4. The van der Waals surface area contributed by atoms with Gasteiger partial charge in [-0.15, -0.1) is 0 Å². The van der Waals surface area contributed by atoms with Gasteiger partial charge in [0, 0.05) is 31.3 Å². The fourth-order valence-corrected chi connectivity index (χ4v) is 5.10. The Morgan fingerprint density at radius 2 is 1.68 bits per heavy atom. The number of carbonyl (C=O) groups is 2. The molecule has 2 heterocycles. The number of rotatable bonds is 10. The maximum absolute atomic E-state index is 13.5. The van der Waals surface area contributed by atoms with Crippen molar-refractivity contribution in [1.29, 1.82) is 0 Å². The van der Waals surface area contributed by atoms with E-state index in [0.29, 0.717) is 6.54 Å². The quantitative estimate of drug-likeness (QED) is 0.226. The smallest absolute Gasteiger partial charge is 0.246 e. The molecule has 1 aliphatic rings. The summed E-state index contributed by atoms with van der Waals surface area (Å²) in [5, 5.41) is 2.96. The van der Waals surface area contributed by atoms with Crippen LogP contribution in [0, 0.1) is 0 Å². The fraction of sp³-hybridized carbons (Fsp3) is 0.281. The topological polar surface area (TPSA) is 67.2 Å². The van der Waals surface area contributed by atoms with E-state index in [1.54, 1.807) is 6.08 Å². The Bertz CT molecular complexity index is 1420. The first-order valence-corrected chi connectivity index (χ1v) is 13.5. The Morgan fingerprint density at radius 1 is 0.895 bits per heavy atom. The highest BCUT2D eigenvalue weighted by Crippen LogP contribution is 2.27. The highest BCUT2D eigenvalue weighted by Gasteiger charge is 2.23. The van der Waals surface area contributed by atoms with E-state index in [9.17, 15) is 9.59 Å². The summed E-state index contributed by atoms with van der Waals surface area (Å²) in [7, 11) is 0. The molecule has 5 rings (SSSR count). The summed E-state index contributed by atoms with van der Waals surface area (Å²) < 4.78 is 2.09. The Labute approximate surface area is 224 Å². The number of benzene rings is 3. The molecule has 4 aromatic rings. The van der Waals surface area contributed by atoms with Gasteiger partial charge in [0.05, 0.1) is 11.0 Å². The van der Waals surface area contributed by atoms with Gasteiger partial charge in [-0.2, -0.15) is 0 Å². The van der Waals surface area contributed by atoms with Crippen molar-refractivity contribution < 1.29 is 9.59 Å². The fourth-order valence-electron chi connectivity index (χ4n) is 5.10. The van der Waals surface area contributed by atoms with Gasteiger partial charge >= 0.3 is 0 Å². The van der Waals surface area contributed by atoms with Crippen LogP contribution in [0.5, 0.6) is 0 Å². The monoisotopic (exact) mass is 506 g/mol. The number of unbranched alkanes of at least 4 members (excludes halogenated alkanes) is 2. The number of anilines is 1. The minimum absolute atomic E-state index is 0.0755. The van der Waals surface area contributed by atoms with Crippen LogP contribution in [0.2, 0.25) is 0 Å². The molecular formula is C32H34N4O2. The molecule has 0 bridgehead atoms. The number of para-hydroxylation sites is 3. The second-order valence-electron chi connectivity index (χ2n) is 9.73. The number of fused-ring (bicyclic) bond motifs is 2. The van der Waals surface area contributed by atoms with E-state index in [-0.39, 0.29) is 18.4 Å². The number of aromatic nitrogens is 2. The van der Waals surface area contributed by atoms with E-state index in [2.05, 4.69) is 22.0 Å². The lowest BCUT2D eigenvalue weighted by atomic mass is 10.0. The molecule has 6 heteroatoms. The van der Waals surface area contributed by atoms with Crippen LogP contribution >= 0.6 is 0 Å². The average Bonchev–Trinajstić information content (AvgIpc) is 3.30. The van der Waals surface area contributed by atoms with Crippen molar-refractivity contribution in [3.05, 3.63) is 102 Å². The molecule has 1 aromatic heterocycles. The van der Waals surface area contributed by atoms with E-state index in [0.717, 1.165) is 73.2 Å². The largest absolute Gasteiger partial charge is 0.353 e. The van der Waals surface area contributed by atoms with Gasteiger partial charge in [0.15, 0.2) is 0 Å². The molecule has 6 nitrogen and oxygen atoms in total. The highest BCUT2D eigenvalue weighted by atomic mass is 16.2. The molecule has 38 heavy (non-hydrogen) atoms. The number of aryl methyl sites for hydroxylation is 2. The van der Waals surface area contributed by atoms with Gasteiger partial charge in [0.1, 0.15) is 12.4 Å². The maximum Gasteiger partial charge on any atom is 0.246 e. The van der Waals surface area contributed by atoms with Crippen LogP contribution in [0.15, 0.2) is 84.9 Å². The van der Waals surface area contributed by atoms with Crippen molar-refractivity contribution in [1.82, 2.24) is 14.9 Å². The van der Waals surface area contributed by atoms with Crippen LogP contribution in [0.4, 0.5) is 5.69 Å². The van der Waals surface area contributed by atoms with Gasteiger partial charge in [0.25, 0.3) is 0 Å². The number of hydrogen-bond acceptors (Lipinski definition) is 3. The molecule has 2 amide bonds. The van der Waals surface area contributed by atoms with Gasteiger partial charge in [-0.05, 0) is 61.1 Å². The molecular weight excluding hydrogens is 472 g/mol. The number of carbonyl (C=O) groups excluding carboxylic acids is 2. The molecule has 0 aliphatic carbocycles. The molecule has 3 aromatic carbocycles. The van der Waals surface area contributed by atoms with Crippen LogP contribution in [-0.2, 0) is 29.0 Å². The lowest BCUT2D eigenvalue weighted by Crippen LogP contribution is -2.38. The van der Waals surface area contributed by atoms with Crippen LogP contribution in [-0.4, -0.2) is 34.5 Å². The van der Waals surface area contributed by atoms with Crippen LogP contribution in [0.1, 0.15) is 42.6 Å². The third-order valence-electron chi connectivity index (χ3n) is 7.04. The van der Waals surface area contributed by atoms with Crippen LogP contribution in [0.25, 0.3) is 17.1 Å².